The molecular formula is C16H26N2O. The van der Waals surface area contributed by atoms with Gasteiger partial charge in [0.2, 0.25) is 0 Å². The van der Waals surface area contributed by atoms with Crippen LogP contribution >= 0.6 is 0 Å². The van der Waals surface area contributed by atoms with E-state index in [0.29, 0.717) is 0 Å². The summed E-state index contributed by atoms with van der Waals surface area (Å²) >= 11 is 0. The van der Waals surface area contributed by atoms with Crippen LogP contribution in [0.1, 0.15) is 25.3 Å². The van der Waals surface area contributed by atoms with Crippen molar-refractivity contribution in [1.82, 2.24) is 10.2 Å². The van der Waals surface area contributed by atoms with Crippen LogP contribution in [0.4, 0.5) is 0 Å². The van der Waals surface area contributed by atoms with E-state index in [9.17, 15) is 0 Å². The third-order valence-electron chi connectivity index (χ3n) is 3.62. The van der Waals surface area contributed by atoms with Gasteiger partial charge in [-0.1, -0.05) is 19.1 Å². The zero-order valence-electron chi connectivity index (χ0n) is 12.2. The summed E-state index contributed by atoms with van der Waals surface area (Å²) < 4.78 is 5.86. The maximum Gasteiger partial charge on any atom is 0.119 e. The highest BCUT2D eigenvalue weighted by atomic mass is 16.5. The Bertz CT molecular complexity index is 377. The van der Waals surface area contributed by atoms with Gasteiger partial charge in [0.1, 0.15) is 12.4 Å². The van der Waals surface area contributed by atoms with Gasteiger partial charge in [-0.2, -0.15) is 0 Å². The second kappa shape index (κ2) is 7.51. The van der Waals surface area contributed by atoms with Crippen molar-refractivity contribution in [3.8, 4) is 5.75 Å². The Labute approximate surface area is 116 Å². The Kier molecular flexibility index (Phi) is 5.67. The van der Waals surface area contributed by atoms with E-state index in [0.717, 1.165) is 37.9 Å². The van der Waals surface area contributed by atoms with Crippen molar-refractivity contribution in [2.45, 2.75) is 26.3 Å². The molecule has 0 unspecified atom stereocenters. The first-order chi connectivity index (χ1) is 9.31. The van der Waals surface area contributed by atoms with Gasteiger partial charge in [0.25, 0.3) is 0 Å². The van der Waals surface area contributed by atoms with Crippen LogP contribution in [0.15, 0.2) is 24.3 Å². The third kappa shape index (κ3) is 5.21. The van der Waals surface area contributed by atoms with E-state index in [1.807, 2.05) is 13.1 Å². The summed E-state index contributed by atoms with van der Waals surface area (Å²) in [5.41, 5.74) is 1.27. The molecule has 1 aromatic carbocycles. The Morgan fingerprint density at radius 3 is 2.89 bits per heavy atom. The van der Waals surface area contributed by atoms with Gasteiger partial charge in [-0.05, 0) is 50.0 Å². The van der Waals surface area contributed by atoms with Crippen LogP contribution in [0.2, 0.25) is 0 Å². The molecule has 0 bridgehead atoms. The lowest BCUT2D eigenvalue weighted by Crippen LogP contribution is -2.30. The molecule has 1 N–H and O–H groups in total. The van der Waals surface area contributed by atoms with Gasteiger partial charge >= 0.3 is 0 Å². The standard InChI is InChI=1S/C16H26N2O/c1-3-18(13-14-7-8-14)9-10-19-16-6-4-5-15(11-16)12-17-2/h4-6,11,14,17H,3,7-10,12-13H2,1-2H3. The topological polar surface area (TPSA) is 24.5 Å². The molecule has 0 aromatic heterocycles. The normalized spacial score (nSPS) is 14.9. The average molecular weight is 262 g/mol. The Morgan fingerprint density at radius 1 is 1.37 bits per heavy atom. The molecule has 1 saturated carbocycles. The number of nitrogens with one attached hydrogen (secondary N) is 1. The van der Waals surface area contributed by atoms with E-state index in [1.54, 1.807) is 0 Å². The molecule has 0 aliphatic heterocycles. The molecule has 0 atom stereocenters. The van der Waals surface area contributed by atoms with E-state index in [1.165, 1.54) is 24.9 Å². The van der Waals surface area contributed by atoms with Crippen molar-refractivity contribution in [2.75, 3.05) is 33.3 Å². The predicted octanol–water partition coefficient (Wildman–Crippen LogP) is 2.52. The lowest BCUT2D eigenvalue weighted by Gasteiger charge is -2.20. The quantitative estimate of drug-likeness (QED) is 0.740. The first kappa shape index (κ1) is 14.4. The van der Waals surface area contributed by atoms with Crippen LogP contribution in [0.25, 0.3) is 0 Å². The van der Waals surface area contributed by atoms with Crippen LogP contribution in [-0.2, 0) is 6.54 Å². The third-order valence-corrected chi connectivity index (χ3v) is 3.62. The molecule has 1 fully saturated rings. The number of rotatable bonds is 9. The molecule has 3 heteroatoms. The molecule has 0 radical (unpaired) electrons. The number of hydrogen-bond acceptors (Lipinski definition) is 3. The number of likely N-dealkylation sites (N-methyl/N-ethyl adjacent to an activating group) is 1. The molecule has 0 amide bonds. The van der Waals surface area contributed by atoms with Crippen LogP contribution in [0.3, 0.4) is 0 Å². The lowest BCUT2D eigenvalue weighted by molar-refractivity contribution is 0.210. The second-order valence-corrected chi connectivity index (χ2v) is 5.36. The zero-order chi connectivity index (χ0) is 13.5. The smallest absolute Gasteiger partial charge is 0.119 e. The van der Waals surface area contributed by atoms with Crippen molar-refractivity contribution < 1.29 is 4.74 Å². The molecule has 0 heterocycles. The van der Waals surface area contributed by atoms with Crippen LogP contribution in [-0.4, -0.2) is 38.2 Å². The van der Waals surface area contributed by atoms with Gasteiger partial charge in [0.05, 0.1) is 0 Å². The van der Waals surface area contributed by atoms with Crippen molar-refractivity contribution in [2.24, 2.45) is 5.92 Å². The van der Waals surface area contributed by atoms with Crippen LogP contribution in [0.5, 0.6) is 5.75 Å². The molecule has 1 aromatic rings. The Hall–Kier alpha value is -1.06. The fourth-order valence-corrected chi connectivity index (χ4v) is 2.29. The number of benzene rings is 1. The number of nitrogens with zero attached hydrogens (tertiary/aromatic N) is 1. The Balaban J connectivity index is 1.72. The monoisotopic (exact) mass is 262 g/mol. The summed E-state index contributed by atoms with van der Waals surface area (Å²) in [7, 11) is 1.96. The summed E-state index contributed by atoms with van der Waals surface area (Å²) in [6, 6.07) is 8.34. The molecule has 0 spiro atoms. The minimum absolute atomic E-state index is 0.781. The van der Waals surface area contributed by atoms with Crippen molar-refractivity contribution in [1.29, 1.82) is 0 Å². The fraction of sp³-hybridized carbons (Fsp3) is 0.625. The summed E-state index contributed by atoms with van der Waals surface area (Å²) in [4.78, 5) is 2.50. The summed E-state index contributed by atoms with van der Waals surface area (Å²) in [6.45, 7) is 7.31. The summed E-state index contributed by atoms with van der Waals surface area (Å²) in [6.07, 6.45) is 2.84. The van der Waals surface area contributed by atoms with Gasteiger partial charge in [0.15, 0.2) is 0 Å². The first-order valence-electron chi connectivity index (χ1n) is 7.40. The maximum atomic E-state index is 5.86. The SMILES string of the molecule is CCN(CCOc1cccc(CNC)c1)CC1CC1. The Morgan fingerprint density at radius 2 is 2.21 bits per heavy atom. The zero-order valence-corrected chi connectivity index (χ0v) is 12.2. The molecular weight excluding hydrogens is 236 g/mol. The minimum atomic E-state index is 0.781. The minimum Gasteiger partial charge on any atom is -0.492 e. The lowest BCUT2D eigenvalue weighted by atomic mass is 10.2. The highest BCUT2D eigenvalue weighted by Crippen LogP contribution is 2.29. The van der Waals surface area contributed by atoms with E-state index in [-0.39, 0.29) is 0 Å². The van der Waals surface area contributed by atoms with E-state index < -0.39 is 0 Å². The first-order valence-corrected chi connectivity index (χ1v) is 7.40. The molecule has 0 saturated heterocycles. The molecule has 1 aliphatic carbocycles. The fourth-order valence-electron chi connectivity index (χ4n) is 2.29. The highest BCUT2D eigenvalue weighted by molar-refractivity contribution is 5.28. The summed E-state index contributed by atoms with van der Waals surface area (Å²) in [5, 5.41) is 3.16. The van der Waals surface area contributed by atoms with Crippen molar-refractivity contribution >= 4 is 0 Å². The van der Waals surface area contributed by atoms with Gasteiger partial charge in [-0.25, -0.2) is 0 Å². The van der Waals surface area contributed by atoms with Crippen LogP contribution in [0, 0.1) is 5.92 Å². The number of ether oxygens (including phenoxy) is 1. The van der Waals surface area contributed by atoms with E-state index in [2.05, 4.69) is 35.3 Å². The van der Waals surface area contributed by atoms with Crippen molar-refractivity contribution in [3.63, 3.8) is 0 Å². The summed E-state index contributed by atoms with van der Waals surface area (Å²) in [5.74, 6) is 1.94. The average Bonchev–Trinajstić information content (AvgIpc) is 3.22. The number of hydrogen-bond donors (Lipinski definition) is 1. The molecule has 2 rings (SSSR count). The van der Waals surface area contributed by atoms with Gasteiger partial charge in [-0.3, -0.25) is 4.90 Å². The van der Waals surface area contributed by atoms with Crippen LogP contribution < -0.4 is 10.1 Å². The van der Waals surface area contributed by atoms with E-state index in [4.69, 9.17) is 4.74 Å². The van der Waals surface area contributed by atoms with Crippen molar-refractivity contribution in [3.05, 3.63) is 29.8 Å². The second-order valence-electron chi connectivity index (χ2n) is 5.36. The van der Waals surface area contributed by atoms with Gasteiger partial charge in [-0.15, -0.1) is 0 Å². The molecule has 3 nitrogen and oxygen atoms in total. The van der Waals surface area contributed by atoms with Gasteiger partial charge in [0, 0.05) is 19.6 Å². The predicted molar refractivity (Wildman–Crippen MR) is 79.5 cm³/mol. The maximum absolute atomic E-state index is 5.86. The van der Waals surface area contributed by atoms with E-state index >= 15 is 0 Å². The molecule has 1 aliphatic rings. The largest absolute Gasteiger partial charge is 0.492 e. The highest BCUT2D eigenvalue weighted by Gasteiger charge is 2.23. The molecule has 106 valence electrons. The molecule has 19 heavy (non-hydrogen) atoms. The van der Waals surface area contributed by atoms with Gasteiger partial charge < -0.3 is 10.1 Å².